The number of nitrogens with two attached hydrogens (primary N) is 1. The van der Waals surface area contributed by atoms with E-state index >= 15 is 0 Å². The second-order valence-corrected chi connectivity index (χ2v) is 2.04. The van der Waals surface area contributed by atoms with E-state index in [4.69, 9.17) is 12.2 Å². The van der Waals surface area contributed by atoms with Crippen LogP contribution in [0.1, 0.15) is 5.56 Å². The van der Waals surface area contributed by atoms with Gasteiger partial charge in [-0.15, -0.1) is 6.42 Å². The Morgan fingerprint density at radius 1 is 1.75 bits per heavy atom. The van der Waals surface area contributed by atoms with Crippen LogP contribution in [0.4, 0.5) is 11.5 Å². The standard InChI is InChI=1S/C7H5N3O2/c1-2-5-3-6(8)7(9-4-5)10(11)12/h1,3-4H,8H2. The second-order valence-electron chi connectivity index (χ2n) is 2.04. The lowest BCUT2D eigenvalue weighted by Crippen LogP contribution is -1.98. The van der Waals surface area contributed by atoms with Gasteiger partial charge in [-0.25, -0.2) is 0 Å². The lowest BCUT2D eigenvalue weighted by Gasteiger charge is -1.95. The van der Waals surface area contributed by atoms with Gasteiger partial charge in [-0.3, -0.25) is 0 Å². The van der Waals surface area contributed by atoms with E-state index in [0.29, 0.717) is 5.56 Å². The normalized spacial score (nSPS) is 8.92. The predicted octanol–water partition coefficient (Wildman–Crippen LogP) is 0.553. The van der Waals surface area contributed by atoms with E-state index in [0.717, 1.165) is 0 Å². The molecule has 0 saturated heterocycles. The van der Waals surface area contributed by atoms with Crippen molar-refractivity contribution in [2.24, 2.45) is 0 Å². The Labute approximate surface area is 68.4 Å². The van der Waals surface area contributed by atoms with Crippen molar-refractivity contribution >= 4 is 11.5 Å². The zero-order valence-corrected chi connectivity index (χ0v) is 6.02. The first-order valence-corrected chi connectivity index (χ1v) is 3.01. The van der Waals surface area contributed by atoms with Gasteiger partial charge in [0.15, 0.2) is 6.20 Å². The molecule has 60 valence electrons. The highest BCUT2D eigenvalue weighted by molar-refractivity contribution is 5.56. The van der Waals surface area contributed by atoms with Gasteiger partial charge >= 0.3 is 5.82 Å². The summed E-state index contributed by atoms with van der Waals surface area (Å²) in [5.41, 5.74) is 5.71. The maximum Gasteiger partial charge on any atom is 0.386 e. The largest absolute Gasteiger partial charge is 0.392 e. The van der Waals surface area contributed by atoms with Crippen LogP contribution in [-0.4, -0.2) is 9.91 Å². The van der Waals surface area contributed by atoms with Gasteiger partial charge in [0, 0.05) is 0 Å². The third-order valence-corrected chi connectivity index (χ3v) is 1.23. The fourth-order valence-electron chi connectivity index (χ4n) is 0.706. The predicted molar refractivity (Wildman–Crippen MR) is 43.2 cm³/mol. The van der Waals surface area contributed by atoms with Crippen LogP contribution in [0.15, 0.2) is 12.3 Å². The number of aromatic nitrogens is 1. The molecule has 0 spiro atoms. The molecule has 0 bridgehead atoms. The molecule has 0 aliphatic heterocycles. The minimum absolute atomic E-state index is 0.0181. The lowest BCUT2D eigenvalue weighted by molar-refractivity contribution is -0.388. The molecule has 0 aliphatic rings. The van der Waals surface area contributed by atoms with Crippen LogP contribution in [0, 0.1) is 22.5 Å². The Morgan fingerprint density at radius 3 is 2.83 bits per heavy atom. The topological polar surface area (TPSA) is 82.0 Å². The minimum Gasteiger partial charge on any atom is -0.392 e. The fraction of sp³-hybridized carbons (Fsp3) is 0. The fourth-order valence-corrected chi connectivity index (χ4v) is 0.706. The van der Waals surface area contributed by atoms with E-state index in [1.807, 2.05) is 0 Å². The van der Waals surface area contributed by atoms with Crippen LogP contribution in [0.3, 0.4) is 0 Å². The molecule has 5 heteroatoms. The van der Waals surface area contributed by atoms with E-state index in [1.165, 1.54) is 12.3 Å². The number of nitrogen functional groups attached to an aromatic ring is 1. The molecule has 12 heavy (non-hydrogen) atoms. The average molecular weight is 163 g/mol. The van der Waals surface area contributed by atoms with Gasteiger partial charge < -0.3 is 15.8 Å². The summed E-state index contributed by atoms with van der Waals surface area (Å²) >= 11 is 0. The summed E-state index contributed by atoms with van der Waals surface area (Å²) in [6.45, 7) is 0. The van der Waals surface area contributed by atoms with Gasteiger partial charge in [0.1, 0.15) is 5.69 Å². The molecule has 0 unspecified atom stereocenters. The highest BCUT2D eigenvalue weighted by atomic mass is 16.6. The van der Waals surface area contributed by atoms with Crippen LogP contribution < -0.4 is 5.73 Å². The van der Waals surface area contributed by atoms with Crippen molar-refractivity contribution < 1.29 is 4.92 Å². The van der Waals surface area contributed by atoms with Crippen molar-refractivity contribution in [2.75, 3.05) is 5.73 Å². The SMILES string of the molecule is C#Cc1cnc([N+](=O)[O-])c(N)c1. The molecule has 0 radical (unpaired) electrons. The van der Waals surface area contributed by atoms with E-state index in [-0.39, 0.29) is 11.5 Å². The number of pyridine rings is 1. The quantitative estimate of drug-likeness (QED) is 0.372. The van der Waals surface area contributed by atoms with Crippen molar-refractivity contribution in [1.29, 1.82) is 0 Å². The summed E-state index contributed by atoms with van der Waals surface area (Å²) in [4.78, 5) is 13.1. The lowest BCUT2D eigenvalue weighted by atomic mass is 10.3. The van der Waals surface area contributed by atoms with Crippen molar-refractivity contribution in [3.05, 3.63) is 27.9 Å². The molecule has 1 aromatic heterocycles. The van der Waals surface area contributed by atoms with Crippen molar-refractivity contribution in [3.8, 4) is 12.3 Å². The Bertz CT molecular complexity index is 367. The number of terminal acetylenes is 1. The average Bonchev–Trinajstić information content (AvgIpc) is 2.03. The molecule has 0 saturated carbocycles. The second kappa shape index (κ2) is 2.88. The van der Waals surface area contributed by atoms with Crippen LogP contribution in [0.5, 0.6) is 0 Å². The smallest absolute Gasteiger partial charge is 0.386 e. The molecular weight excluding hydrogens is 158 g/mol. The number of rotatable bonds is 1. The summed E-state index contributed by atoms with van der Waals surface area (Å²) in [6.07, 6.45) is 6.26. The van der Waals surface area contributed by atoms with Gasteiger partial charge in [-0.05, 0) is 16.0 Å². The molecule has 0 fully saturated rings. The number of nitro groups is 1. The van der Waals surface area contributed by atoms with Crippen molar-refractivity contribution in [2.45, 2.75) is 0 Å². The zero-order chi connectivity index (χ0) is 9.14. The van der Waals surface area contributed by atoms with E-state index in [9.17, 15) is 10.1 Å². The Kier molecular flexibility index (Phi) is 1.92. The van der Waals surface area contributed by atoms with E-state index < -0.39 is 4.92 Å². The molecule has 0 amide bonds. The summed E-state index contributed by atoms with van der Waals surface area (Å²) < 4.78 is 0. The van der Waals surface area contributed by atoms with Gasteiger partial charge in [0.2, 0.25) is 0 Å². The summed E-state index contributed by atoms with van der Waals surface area (Å²) in [5, 5.41) is 10.2. The first-order chi connectivity index (χ1) is 5.65. The van der Waals surface area contributed by atoms with E-state index in [2.05, 4.69) is 10.9 Å². The van der Waals surface area contributed by atoms with Crippen molar-refractivity contribution in [3.63, 3.8) is 0 Å². The third kappa shape index (κ3) is 1.32. The van der Waals surface area contributed by atoms with Crippen LogP contribution >= 0.6 is 0 Å². The summed E-state index contributed by atoms with van der Waals surface area (Å²) in [6, 6.07) is 1.34. The molecule has 2 N–H and O–H groups in total. The Balaban J connectivity index is 3.23. The number of hydrogen-bond donors (Lipinski definition) is 1. The van der Waals surface area contributed by atoms with Gasteiger partial charge in [-0.1, -0.05) is 5.92 Å². The Hall–Kier alpha value is -2.09. The summed E-state index contributed by atoms with van der Waals surface area (Å²) in [7, 11) is 0. The highest BCUT2D eigenvalue weighted by Gasteiger charge is 2.12. The minimum atomic E-state index is -0.657. The van der Waals surface area contributed by atoms with Crippen LogP contribution in [-0.2, 0) is 0 Å². The summed E-state index contributed by atoms with van der Waals surface area (Å²) in [5.74, 6) is 1.90. The highest BCUT2D eigenvalue weighted by Crippen LogP contribution is 2.17. The monoisotopic (exact) mass is 163 g/mol. The van der Waals surface area contributed by atoms with Gasteiger partial charge in [0.25, 0.3) is 0 Å². The van der Waals surface area contributed by atoms with Crippen LogP contribution in [0.25, 0.3) is 0 Å². The number of nitrogens with zero attached hydrogens (tertiary/aromatic N) is 2. The molecular formula is C7H5N3O2. The van der Waals surface area contributed by atoms with Crippen molar-refractivity contribution in [1.82, 2.24) is 4.98 Å². The third-order valence-electron chi connectivity index (χ3n) is 1.23. The maximum absolute atomic E-state index is 10.2. The van der Waals surface area contributed by atoms with Crippen LogP contribution in [0.2, 0.25) is 0 Å². The molecule has 5 nitrogen and oxygen atoms in total. The van der Waals surface area contributed by atoms with E-state index in [1.54, 1.807) is 0 Å². The molecule has 0 aliphatic carbocycles. The maximum atomic E-state index is 10.2. The first-order valence-electron chi connectivity index (χ1n) is 3.01. The van der Waals surface area contributed by atoms with Gasteiger partial charge in [0.05, 0.1) is 5.56 Å². The first kappa shape index (κ1) is 8.01. The molecule has 1 heterocycles. The Morgan fingerprint density at radius 2 is 2.42 bits per heavy atom. The molecule has 1 rings (SSSR count). The number of hydrogen-bond acceptors (Lipinski definition) is 4. The number of anilines is 1. The molecule has 1 aromatic rings. The molecule has 0 aromatic carbocycles. The van der Waals surface area contributed by atoms with Gasteiger partial charge in [-0.2, -0.15) is 0 Å². The zero-order valence-electron chi connectivity index (χ0n) is 6.02. The molecule has 0 atom stereocenters.